The minimum Gasteiger partial charge on any atom is -0.377 e. The van der Waals surface area contributed by atoms with Gasteiger partial charge in [-0.3, -0.25) is 0 Å². The fraction of sp³-hybridized carbons (Fsp3) is 1.00. The Kier molecular flexibility index (Phi) is 4.80. The van der Waals surface area contributed by atoms with Gasteiger partial charge in [0.25, 0.3) is 0 Å². The van der Waals surface area contributed by atoms with E-state index in [-0.39, 0.29) is 11.6 Å². The van der Waals surface area contributed by atoms with Gasteiger partial charge in [-0.05, 0) is 19.8 Å². The first kappa shape index (κ1) is 11.9. The van der Waals surface area contributed by atoms with Crippen molar-refractivity contribution in [2.24, 2.45) is 11.7 Å². The highest BCUT2D eigenvalue weighted by atomic mass is 16.5. The van der Waals surface area contributed by atoms with Crippen molar-refractivity contribution in [2.45, 2.75) is 52.2 Å². The molecule has 74 valence electrons. The number of hydrogen-bond donors (Lipinski definition) is 1. The average Bonchev–Trinajstić information content (AvgIpc) is 2.06. The van der Waals surface area contributed by atoms with E-state index in [9.17, 15) is 0 Å². The smallest absolute Gasteiger partial charge is 0.0775 e. The Bertz CT molecular complexity index is 119. The van der Waals surface area contributed by atoms with Crippen LogP contribution in [0.4, 0.5) is 0 Å². The summed E-state index contributed by atoms with van der Waals surface area (Å²) in [6.45, 7) is 8.46. The van der Waals surface area contributed by atoms with Crippen molar-refractivity contribution in [2.75, 3.05) is 7.11 Å². The van der Waals surface area contributed by atoms with Crippen LogP contribution in [-0.2, 0) is 4.74 Å². The molecule has 0 aliphatic rings. The first-order valence-electron chi connectivity index (χ1n) is 4.80. The number of nitrogens with two attached hydrogens (primary N) is 1. The van der Waals surface area contributed by atoms with E-state index < -0.39 is 0 Å². The standard InChI is InChI=1S/C10H23NO/c1-6-8(7-2)9(11)10(3,4)12-5/h8-9H,6-7,11H2,1-5H3. The van der Waals surface area contributed by atoms with E-state index >= 15 is 0 Å². The van der Waals surface area contributed by atoms with Gasteiger partial charge in [-0.25, -0.2) is 0 Å². The largest absolute Gasteiger partial charge is 0.377 e. The predicted octanol–water partition coefficient (Wildman–Crippen LogP) is 2.17. The predicted molar refractivity (Wildman–Crippen MR) is 53.1 cm³/mol. The van der Waals surface area contributed by atoms with Crippen LogP contribution in [0.3, 0.4) is 0 Å². The van der Waals surface area contributed by atoms with E-state index in [1.165, 1.54) is 0 Å². The van der Waals surface area contributed by atoms with E-state index in [0.717, 1.165) is 12.8 Å². The van der Waals surface area contributed by atoms with Gasteiger partial charge >= 0.3 is 0 Å². The fourth-order valence-corrected chi connectivity index (χ4v) is 1.50. The van der Waals surface area contributed by atoms with Gasteiger partial charge < -0.3 is 10.5 Å². The quantitative estimate of drug-likeness (QED) is 0.691. The Hall–Kier alpha value is -0.0800. The Labute approximate surface area is 76.5 Å². The maximum absolute atomic E-state index is 6.10. The molecule has 0 bridgehead atoms. The summed E-state index contributed by atoms with van der Waals surface area (Å²) in [6.07, 6.45) is 2.26. The van der Waals surface area contributed by atoms with Crippen LogP contribution in [0.1, 0.15) is 40.5 Å². The van der Waals surface area contributed by atoms with E-state index in [2.05, 4.69) is 27.7 Å². The summed E-state index contributed by atoms with van der Waals surface area (Å²) in [5.41, 5.74) is 5.90. The van der Waals surface area contributed by atoms with E-state index in [4.69, 9.17) is 10.5 Å². The molecule has 12 heavy (non-hydrogen) atoms. The van der Waals surface area contributed by atoms with Gasteiger partial charge in [0.05, 0.1) is 5.60 Å². The summed E-state index contributed by atoms with van der Waals surface area (Å²) >= 11 is 0. The highest BCUT2D eigenvalue weighted by molar-refractivity contribution is 4.86. The molecule has 2 nitrogen and oxygen atoms in total. The Balaban J connectivity index is 4.23. The summed E-state index contributed by atoms with van der Waals surface area (Å²) in [5, 5.41) is 0. The van der Waals surface area contributed by atoms with Crippen molar-refractivity contribution in [1.29, 1.82) is 0 Å². The van der Waals surface area contributed by atoms with Gasteiger partial charge in [0.2, 0.25) is 0 Å². The number of ether oxygens (including phenoxy) is 1. The molecule has 2 heteroatoms. The minimum atomic E-state index is -0.198. The van der Waals surface area contributed by atoms with Crippen molar-refractivity contribution in [3.8, 4) is 0 Å². The highest BCUT2D eigenvalue weighted by Gasteiger charge is 2.30. The normalized spacial score (nSPS) is 15.2. The zero-order chi connectivity index (χ0) is 9.78. The topological polar surface area (TPSA) is 35.2 Å². The molecule has 0 aliphatic carbocycles. The molecule has 1 unspecified atom stereocenters. The first-order chi connectivity index (χ1) is 5.49. The van der Waals surface area contributed by atoms with Crippen LogP contribution in [-0.4, -0.2) is 18.8 Å². The third-order valence-corrected chi connectivity index (χ3v) is 2.89. The summed E-state index contributed by atoms with van der Waals surface area (Å²) in [5.74, 6) is 0.569. The van der Waals surface area contributed by atoms with Crippen molar-refractivity contribution >= 4 is 0 Å². The number of hydrogen-bond acceptors (Lipinski definition) is 2. The van der Waals surface area contributed by atoms with Crippen LogP contribution >= 0.6 is 0 Å². The first-order valence-corrected chi connectivity index (χ1v) is 4.80. The second-order valence-corrected chi connectivity index (χ2v) is 3.91. The van der Waals surface area contributed by atoms with Crippen LogP contribution in [0.5, 0.6) is 0 Å². The molecule has 0 radical (unpaired) electrons. The Morgan fingerprint density at radius 2 is 1.67 bits per heavy atom. The van der Waals surface area contributed by atoms with Crippen LogP contribution < -0.4 is 5.73 Å². The molecular formula is C10H23NO. The van der Waals surface area contributed by atoms with Gasteiger partial charge in [-0.1, -0.05) is 26.7 Å². The fourth-order valence-electron chi connectivity index (χ4n) is 1.50. The highest BCUT2D eigenvalue weighted by Crippen LogP contribution is 2.23. The van der Waals surface area contributed by atoms with Crippen LogP contribution in [0.15, 0.2) is 0 Å². The monoisotopic (exact) mass is 173 g/mol. The van der Waals surface area contributed by atoms with Gasteiger partial charge in [-0.15, -0.1) is 0 Å². The Morgan fingerprint density at radius 3 is 1.92 bits per heavy atom. The molecule has 2 N–H and O–H groups in total. The molecule has 0 aromatic rings. The zero-order valence-electron chi connectivity index (χ0n) is 9.05. The molecule has 1 atom stereocenters. The number of methoxy groups -OCH3 is 1. The van der Waals surface area contributed by atoms with Gasteiger partial charge in [-0.2, -0.15) is 0 Å². The van der Waals surface area contributed by atoms with E-state index in [1.54, 1.807) is 7.11 Å². The SMILES string of the molecule is CCC(CC)C(N)C(C)(C)OC. The lowest BCUT2D eigenvalue weighted by Crippen LogP contribution is -2.49. The average molecular weight is 173 g/mol. The molecule has 0 saturated carbocycles. The summed E-state index contributed by atoms with van der Waals surface area (Å²) in [7, 11) is 1.72. The lowest BCUT2D eigenvalue weighted by atomic mass is 9.84. The van der Waals surface area contributed by atoms with Crippen LogP contribution in [0.25, 0.3) is 0 Å². The Morgan fingerprint density at radius 1 is 1.25 bits per heavy atom. The molecule has 0 spiro atoms. The zero-order valence-corrected chi connectivity index (χ0v) is 9.05. The third kappa shape index (κ3) is 2.76. The maximum atomic E-state index is 6.10. The van der Waals surface area contributed by atoms with E-state index in [1.807, 2.05) is 0 Å². The van der Waals surface area contributed by atoms with Gasteiger partial charge in [0, 0.05) is 13.2 Å². The molecule has 0 heterocycles. The molecule has 0 saturated heterocycles. The number of rotatable bonds is 5. The molecule has 0 amide bonds. The lowest BCUT2D eigenvalue weighted by molar-refractivity contribution is -0.0165. The van der Waals surface area contributed by atoms with Crippen LogP contribution in [0.2, 0.25) is 0 Å². The second-order valence-electron chi connectivity index (χ2n) is 3.91. The molecule has 0 aromatic heterocycles. The van der Waals surface area contributed by atoms with Crippen LogP contribution in [0, 0.1) is 5.92 Å². The molecule has 0 fully saturated rings. The van der Waals surface area contributed by atoms with Gasteiger partial charge in [0.1, 0.15) is 0 Å². The maximum Gasteiger partial charge on any atom is 0.0775 e. The lowest BCUT2D eigenvalue weighted by Gasteiger charge is -2.35. The molecular weight excluding hydrogens is 150 g/mol. The molecule has 0 aromatic carbocycles. The van der Waals surface area contributed by atoms with Gasteiger partial charge in [0.15, 0.2) is 0 Å². The van der Waals surface area contributed by atoms with Crippen molar-refractivity contribution < 1.29 is 4.74 Å². The van der Waals surface area contributed by atoms with Crippen molar-refractivity contribution in [3.05, 3.63) is 0 Å². The molecule has 0 rings (SSSR count). The minimum absolute atomic E-state index is 0.137. The van der Waals surface area contributed by atoms with Crippen molar-refractivity contribution in [1.82, 2.24) is 0 Å². The van der Waals surface area contributed by atoms with Crippen molar-refractivity contribution in [3.63, 3.8) is 0 Å². The summed E-state index contributed by atoms with van der Waals surface area (Å²) < 4.78 is 5.36. The third-order valence-electron chi connectivity index (χ3n) is 2.89. The second kappa shape index (κ2) is 4.83. The summed E-state index contributed by atoms with van der Waals surface area (Å²) in [6, 6.07) is 0.137. The summed E-state index contributed by atoms with van der Waals surface area (Å²) in [4.78, 5) is 0. The van der Waals surface area contributed by atoms with E-state index in [0.29, 0.717) is 5.92 Å². The molecule has 0 aliphatic heterocycles.